The summed E-state index contributed by atoms with van der Waals surface area (Å²) >= 11 is 0. The van der Waals surface area contributed by atoms with Crippen molar-refractivity contribution < 1.29 is 19.4 Å². The number of para-hydroxylation sites is 1. The van der Waals surface area contributed by atoms with Gasteiger partial charge in [-0.3, -0.25) is 4.79 Å². The average molecular weight is 543 g/mol. The lowest BCUT2D eigenvalue weighted by Gasteiger charge is -2.18. The molecular formula is C31H34N4O5. The van der Waals surface area contributed by atoms with Crippen molar-refractivity contribution in [1.29, 1.82) is 0 Å². The molecule has 0 aliphatic carbocycles. The number of fused-ring (bicyclic) bond motifs is 1. The third kappa shape index (κ3) is 5.68. The largest absolute Gasteiger partial charge is 0.496 e. The van der Waals surface area contributed by atoms with Crippen molar-refractivity contribution in [3.63, 3.8) is 0 Å². The highest BCUT2D eigenvalue weighted by atomic mass is 16.5. The number of carbonyl (C=O) groups is 1. The molecule has 1 atom stereocenters. The molecule has 0 bridgehead atoms. The second-order valence-corrected chi connectivity index (χ2v) is 10.1. The van der Waals surface area contributed by atoms with Crippen molar-refractivity contribution in [2.45, 2.75) is 39.7 Å². The number of hydrogen-bond donors (Lipinski definition) is 1. The maximum absolute atomic E-state index is 13.8. The molecule has 0 unspecified atom stereocenters. The van der Waals surface area contributed by atoms with E-state index < -0.39 is 12.1 Å². The zero-order valence-electron chi connectivity index (χ0n) is 23.8. The van der Waals surface area contributed by atoms with E-state index in [9.17, 15) is 14.7 Å². The van der Waals surface area contributed by atoms with Gasteiger partial charge in [0, 0.05) is 37.0 Å². The standard InChI is InChI=1S/C31H34N4O5/c1-18(2)24-16-25(19(3)14-28(24)39-7)29-33-26-11-9-8-10-23(26)30(36)35(29)32-17-21-12-13-22(34(5)6)15-27(21)40-20(4)31(37)38/h8-18,20H,1-7H3,(H,37,38)/t20-/m0/s1. The molecular weight excluding hydrogens is 508 g/mol. The molecule has 9 nitrogen and oxygen atoms in total. The van der Waals surface area contributed by atoms with E-state index in [1.807, 2.05) is 50.2 Å². The number of carboxylic acid groups (broad SMARTS) is 1. The van der Waals surface area contributed by atoms with Crippen molar-refractivity contribution in [3.05, 3.63) is 81.6 Å². The van der Waals surface area contributed by atoms with Crippen LogP contribution < -0.4 is 19.9 Å². The fourth-order valence-electron chi connectivity index (χ4n) is 4.34. The van der Waals surface area contributed by atoms with Crippen molar-refractivity contribution in [2.24, 2.45) is 5.10 Å². The molecule has 0 aliphatic heterocycles. The maximum atomic E-state index is 13.8. The van der Waals surface area contributed by atoms with Gasteiger partial charge in [-0.25, -0.2) is 9.78 Å². The number of nitrogens with zero attached hydrogens (tertiary/aromatic N) is 4. The quantitative estimate of drug-likeness (QED) is 0.286. The van der Waals surface area contributed by atoms with Gasteiger partial charge in [-0.1, -0.05) is 26.0 Å². The highest BCUT2D eigenvalue weighted by Gasteiger charge is 2.19. The molecule has 1 N–H and O–H groups in total. The topological polar surface area (TPSA) is 106 Å². The lowest BCUT2D eigenvalue weighted by atomic mass is 9.96. The van der Waals surface area contributed by atoms with Crippen molar-refractivity contribution in [3.8, 4) is 22.9 Å². The zero-order chi connectivity index (χ0) is 29.1. The van der Waals surface area contributed by atoms with Crippen LogP contribution in [0.3, 0.4) is 0 Å². The number of rotatable bonds is 9. The minimum atomic E-state index is -1.09. The van der Waals surface area contributed by atoms with E-state index >= 15 is 0 Å². The summed E-state index contributed by atoms with van der Waals surface area (Å²) in [7, 11) is 5.40. The molecule has 208 valence electrons. The molecule has 1 heterocycles. The number of benzene rings is 3. The fourth-order valence-corrected chi connectivity index (χ4v) is 4.34. The molecule has 0 radical (unpaired) electrons. The smallest absolute Gasteiger partial charge is 0.344 e. The normalized spacial score (nSPS) is 12.2. The number of aryl methyl sites for hydroxylation is 1. The van der Waals surface area contributed by atoms with Gasteiger partial charge in [-0.05, 0) is 67.3 Å². The van der Waals surface area contributed by atoms with Crippen LogP contribution in [0.1, 0.15) is 43.4 Å². The number of ether oxygens (including phenoxy) is 2. The fraction of sp³-hybridized carbons (Fsp3) is 0.290. The van der Waals surface area contributed by atoms with Crippen LogP contribution in [-0.4, -0.2) is 54.3 Å². The average Bonchev–Trinajstić information content (AvgIpc) is 2.92. The molecule has 0 saturated carbocycles. The molecule has 0 saturated heterocycles. The Labute approximate surface area is 233 Å². The highest BCUT2D eigenvalue weighted by molar-refractivity contribution is 5.86. The predicted octanol–water partition coefficient (Wildman–Crippen LogP) is 5.30. The van der Waals surface area contributed by atoms with E-state index in [0.29, 0.717) is 28.0 Å². The van der Waals surface area contributed by atoms with E-state index in [1.54, 1.807) is 37.4 Å². The Balaban J connectivity index is 1.95. The minimum Gasteiger partial charge on any atom is -0.496 e. The Morgan fingerprint density at radius 2 is 1.80 bits per heavy atom. The SMILES string of the molecule is COc1cc(C)c(-c2nc3ccccc3c(=O)n2N=Cc2ccc(N(C)C)cc2O[C@@H](C)C(=O)O)cc1C(C)C. The van der Waals surface area contributed by atoms with Crippen LogP contribution in [0.4, 0.5) is 5.69 Å². The van der Waals surface area contributed by atoms with Gasteiger partial charge in [0.1, 0.15) is 11.5 Å². The summed E-state index contributed by atoms with van der Waals surface area (Å²) < 4.78 is 12.7. The first-order chi connectivity index (χ1) is 19.0. The molecule has 4 rings (SSSR count). The van der Waals surface area contributed by atoms with Gasteiger partial charge in [0.2, 0.25) is 0 Å². The summed E-state index contributed by atoms with van der Waals surface area (Å²) in [6.45, 7) is 7.55. The summed E-state index contributed by atoms with van der Waals surface area (Å²) in [6.07, 6.45) is 0.411. The Bertz CT molecular complexity index is 1660. The summed E-state index contributed by atoms with van der Waals surface area (Å²) in [5.41, 5.74) is 4.18. The van der Waals surface area contributed by atoms with E-state index in [2.05, 4.69) is 18.9 Å². The molecule has 0 fully saturated rings. The Hall–Kier alpha value is -4.66. The van der Waals surface area contributed by atoms with Gasteiger partial charge in [0.05, 0.1) is 24.2 Å². The third-order valence-corrected chi connectivity index (χ3v) is 6.67. The van der Waals surface area contributed by atoms with Gasteiger partial charge >= 0.3 is 5.97 Å². The summed E-state index contributed by atoms with van der Waals surface area (Å²) in [5.74, 6) is 0.560. The number of hydrogen-bond acceptors (Lipinski definition) is 7. The zero-order valence-corrected chi connectivity index (χ0v) is 23.8. The molecule has 40 heavy (non-hydrogen) atoms. The molecule has 0 spiro atoms. The molecule has 1 aromatic heterocycles. The summed E-state index contributed by atoms with van der Waals surface area (Å²) in [6, 6.07) is 16.5. The van der Waals surface area contributed by atoms with Crippen molar-refractivity contribution in [1.82, 2.24) is 9.66 Å². The number of carboxylic acids is 1. The number of aromatic nitrogens is 2. The van der Waals surface area contributed by atoms with Gasteiger partial charge in [-0.2, -0.15) is 9.78 Å². The maximum Gasteiger partial charge on any atom is 0.344 e. The third-order valence-electron chi connectivity index (χ3n) is 6.67. The van der Waals surface area contributed by atoms with E-state index in [0.717, 1.165) is 28.1 Å². The molecule has 3 aromatic carbocycles. The predicted molar refractivity (Wildman–Crippen MR) is 158 cm³/mol. The molecule has 0 aliphatic rings. The van der Waals surface area contributed by atoms with Crippen LogP contribution in [0.15, 0.2) is 64.5 Å². The first-order valence-electron chi connectivity index (χ1n) is 13.0. The second kappa shape index (κ2) is 11.6. The molecule has 4 aromatic rings. The lowest BCUT2D eigenvalue weighted by Crippen LogP contribution is -2.24. The Morgan fingerprint density at radius 3 is 2.45 bits per heavy atom. The highest BCUT2D eigenvalue weighted by Crippen LogP contribution is 2.34. The molecule has 0 amide bonds. The minimum absolute atomic E-state index is 0.171. The number of aliphatic carboxylic acids is 1. The van der Waals surface area contributed by atoms with Crippen LogP contribution in [0.25, 0.3) is 22.3 Å². The van der Waals surface area contributed by atoms with Crippen LogP contribution in [0, 0.1) is 6.92 Å². The van der Waals surface area contributed by atoms with E-state index in [1.165, 1.54) is 17.8 Å². The Kier molecular flexibility index (Phi) is 8.23. The first kappa shape index (κ1) is 28.4. The van der Waals surface area contributed by atoms with Gasteiger partial charge < -0.3 is 19.5 Å². The van der Waals surface area contributed by atoms with Crippen molar-refractivity contribution >= 4 is 28.8 Å². The van der Waals surface area contributed by atoms with Crippen molar-refractivity contribution in [2.75, 3.05) is 26.1 Å². The monoisotopic (exact) mass is 542 g/mol. The number of anilines is 1. The van der Waals surface area contributed by atoms with Crippen LogP contribution in [-0.2, 0) is 4.79 Å². The summed E-state index contributed by atoms with van der Waals surface area (Å²) in [5, 5.41) is 14.4. The molecule has 9 heteroatoms. The number of methoxy groups -OCH3 is 1. The van der Waals surface area contributed by atoms with Crippen LogP contribution >= 0.6 is 0 Å². The summed E-state index contributed by atoms with van der Waals surface area (Å²) in [4.78, 5) is 32.0. The van der Waals surface area contributed by atoms with Crippen LogP contribution in [0.2, 0.25) is 0 Å². The van der Waals surface area contributed by atoms with Gasteiger partial charge in [0.25, 0.3) is 5.56 Å². The van der Waals surface area contributed by atoms with Gasteiger partial charge in [0.15, 0.2) is 11.9 Å². The van der Waals surface area contributed by atoms with E-state index in [-0.39, 0.29) is 11.5 Å². The van der Waals surface area contributed by atoms with Crippen LogP contribution in [0.5, 0.6) is 11.5 Å². The first-order valence-corrected chi connectivity index (χ1v) is 13.0. The van der Waals surface area contributed by atoms with Gasteiger partial charge in [-0.15, -0.1) is 0 Å². The lowest BCUT2D eigenvalue weighted by molar-refractivity contribution is -0.144. The Morgan fingerprint density at radius 1 is 1.07 bits per heavy atom. The second-order valence-electron chi connectivity index (χ2n) is 10.1. The van der Waals surface area contributed by atoms with E-state index in [4.69, 9.17) is 14.5 Å².